The Kier molecular flexibility index (Phi) is 3.76. The van der Waals surface area contributed by atoms with Crippen LogP contribution in [-0.4, -0.2) is 7.11 Å². The molecule has 0 bridgehead atoms. The highest BCUT2D eigenvalue weighted by Crippen LogP contribution is 2.29. The molecule has 0 aliphatic rings. The van der Waals surface area contributed by atoms with E-state index in [2.05, 4.69) is 0 Å². The second-order valence-corrected chi connectivity index (χ2v) is 4.04. The molecule has 19 heavy (non-hydrogen) atoms. The van der Waals surface area contributed by atoms with E-state index in [0.717, 1.165) is 12.1 Å². The zero-order valence-corrected chi connectivity index (χ0v) is 10.2. The number of hydrogen-bond donors (Lipinski definition) is 1. The first-order valence-corrected chi connectivity index (χ1v) is 5.57. The standard InChI is InChI=1S/C14H12F3NO/c1-19-13-5-3-9(15)7-10(13)14(18)8-2-4-11(16)12(17)6-8/h2-7,14H,18H2,1H3. The number of ether oxygens (including phenoxy) is 1. The number of nitrogens with two attached hydrogens (primary N) is 1. The molecular weight excluding hydrogens is 255 g/mol. The van der Waals surface area contributed by atoms with Gasteiger partial charge < -0.3 is 10.5 Å². The van der Waals surface area contributed by atoms with Crippen molar-refractivity contribution in [1.29, 1.82) is 0 Å². The highest BCUT2D eigenvalue weighted by molar-refractivity contribution is 5.41. The van der Waals surface area contributed by atoms with Crippen LogP contribution in [0.5, 0.6) is 5.75 Å². The van der Waals surface area contributed by atoms with Gasteiger partial charge >= 0.3 is 0 Å². The van der Waals surface area contributed by atoms with E-state index in [1.165, 1.54) is 31.4 Å². The van der Waals surface area contributed by atoms with Crippen molar-refractivity contribution in [3.05, 3.63) is 65.0 Å². The van der Waals surface area contributed by atoms with E-state index in [4.69, 9.17) is 10.5 Å². The van der Waals surface area contributed by atoms with Gasteiger partial charge in [-0.05, 0) is 35.9 Å². The summed E-state index contributed by atoms with van der Waals surface area (Å²) in [5.74, 6) is -2.04. The summed E-state index contributed by atoms with van der Waals surface area (Å²) in [4.78, 5) is 0. The van der Waals surface area contributed by atoms with E-state index in [1.54, 1.807) is 0 Å². The maximum Gasteiger partial charge on any atom is 0.159 e. The van der Waals surface area contributed by atoms with Gasteiger partial charge in [-0.1, -0.05) is 6.07 Å². The van der Waals surface area contributed by atoms with Crippen molar-refractivity contribution in [2.75, 3.05) is 7.11 Å². The van der Waals surface area contributed by atoms with Crippen LogP contribution < -0.4 is 10.5 Å². The molecule has 2 rings (SSSR count). The normalized spacial score (nSPS) is 12.3. The molecule has 1 atom stereocenters. The predicted octanol–water partition coefficient (Wildman–Crippen LogP) is 3.16. The molecule has 1 unspecified atom stereocenters. The Hall–Kier alpha value is -2.01. The van der Waals surface area contributed by atoms with E-state index < -0.39 is 23.5 Å². The Morgan fingerprint density at radius 3 is 2.37 bits per heavy atom. The lowest BCUT2D eigenvalue weighted by molar-refractivity contribution is 0.406. The first-order chi connectivity index (χ1) is 9.02. The van der Waals surface area contributed by atoms with Crippen molar-refractivity contribution in [2.24, 2.45) is 5.73 Å². The van der Waals surface area contributed by atoms with Crippen LogP contribution in [-0.2, 0) is 0 Å². The number of benzene rings is 2. The fourth-order valence-corrected chi connectivity index (χ4v) is 1.83. The van der Waals surface area contributed by atoms with Crippen molar-refractivity contribution in [2.45, 2.75) is 6.04 Å². The smallest absolute Gasteiger partial charge is 0.159 e. The minimum atomic E-state index is -0.997. The number of methoxy groups -OCH3 is 1. The summed E-state index contributed by atoms with van der Waals surface area (Å²) in [5, 5.41) is 0. The second kappa shape index (κ2) is 5.32. The molecule has 0 saturated heterocycles. The third-order valence-electron chi connectivity index (χ3n) is 2.83. The first-order valence-electron chi connectivity index (χ1n) is 5.57. The number of hydrogen-bond acceptors (Lipinski definition) is 2. The predicted molar refractivity (Wildman–Crippen MR) is 65.3 cm³/mol. The van der Waals surface area contributed by atoms with Gasteiger partial charge in [-0.15, -0.1) is 0 Å². The fourth-order valence-electron chi connectivity index (χ4n) is 1.83. The van der Waals surface area contributed by atoms with Gasteiger partial charge in [0.05, 0.1) is 13.2 Å². The fraction of sp³-hybridized carbons (Fsp3) is 0.143. The van der Waals surface area contributed by atoms with Crippen molar-refractivity contribution in [3.63, 3.8) is 0 Å². The summed E-state index contributed by atoms with van der Waals surface area (Å²) in [5.41, 5.74) is 6.65. The molecule has 0 fully saturated rings. The maximum absolute atomic E-state index is 13.3. The highest BCUT2D eigenvalue weighted by atomic mass is 19.2. The first kappa shape index (κ1) is 13.4. The molecule has 5 heteroatoms. The lowest BCUT2D eigenvalue weighted by atomic mass is 9.98. The van der Waals surface area contributed by atoms with Crippen LogP contribution in [0.3, 0.4) is 0 Å². The van der Waals surface area contributed by atoms with E-state index in [0.29, 0.717) is 16.9 Å². The van der Waals surface area contributed by atoms with Crippen LogP contribution in [0.1, 0.15) is 17.2 Å². The highest BCUT2D eigenvalue weighted by Gasteiger charge is 2.16. The van der Waals surface area contributed by atoms with Crippen LogP contribution >= 0.6 is 0 Å². The maximum atomic E-state index is 13.3. The summed E-state index contributed by atoms with van der Waals surface area (Å²) < 4.78 is 44.4. The zero-order valence-electron chi connectivity index (χ0n) is 10.2. The van der Waals surface area contributed by atoms with Gasteiger partial charge in [0.25, 0.3) is 0 Å². The molecule has 0 heterocycles. The number of halogens is 3. The summed E-state index contributed by atoms with van der Waals surface area (Å²) in [6.07, 6.45) is 0. The van der Waals surface area contributed by atoms with Crippen LogP contribution in [0.15, 0.2) is 36.4 Å². The molecule has 2 aromatic rings. The van der Waals surface area contributed by atoms with E-state index in [1.807, 2.05) is 0 Å². The molecule has 0 aliphatic heterocycles. The van der Waals surface area contributed by atoms with Crippen LogP contribution in [0, 0.1) is 17.5 Å². The SMILES string of the molecule is COc1ccc(F)cc1C(N)c1ccc(F)c(F)c1. The molecule has 0 saturated carbocycles. The largest absolute Gasteiger partial charge is 0.496 e. The van der Waals surface area contributed by atoms with E-state index >= 15 is 0 Å². The minimum Gasteiger partial charge on any atom is -0.496 e. The van der Waals surface area contributed by atoms with Gasteiger partial charge in [0.1, 0.15) is 11.6 Å². The Labute approximate surface area is 108 Å². The quantitative estimate of drug-likeness (QED) is 0.927. The van der Waals surface area contributed by atoms with Gasteiger partial charge in [-0.3, -0.25) is 0 Å². The Balaban J connectivity index is 2.45. The van der Waals surface area contributed by atoms with Crippen molar-refractivity contribution in [1.82, 2.24) is 0 Å². The topological polar surface area (TPSA) is 35.2 Å². The summed E-state index contributed by atoms with van der Waals surface area (Å²) in [6, 6.07) is 6.41. The van der Waals surface area contributed by atoms with Gasteiger partial charge in [-0.2, -0.15) is 0 Å². The average Bonchev–Trinajstić information content (AvgIpc) is 2.41. The molecule has 2 aromatic carbocycles. The van der Waals surface area contributed by atoms with Crippen LogP contribution in [0.25, 0.3) is 0 Å². The second-order valence-electron chi connectivity index (χ2n) is 4.04. The third kappa shape index (κ3) is 2.71. The molecule has 0 spiro atoms. The Morgan fingerprint density at radius 2 is 1.74 bits per heavy atom. The van der Waals surface area contributed by atoms with Crippen molar-refractivity contribution >= 4 is 0 Å². The Bertz CT molecular complexity index is 601. The van der Waals surface area contributed by atoms with Gasteiger partial charge in [0, 0.05) is 5.56 Å². The molecule has 0 aromatic heterocycles. The third-order valence-corrected chi connectivity index (χ3v) is 2.83. The molecule has 0 radical (unpaired) electrons. The molecule has 0 amide bonds. The summed E-state index contributed by atoms with van der Waals surface area (Å²) >= 11 is 0. The van der Waals surface area contributed by atoms with Gasteiger partial charge in [0.2, 0.25) is 0 Å². The van der Waals surface area contributed by atoms with Crippen molar-refractivity contribution < 1.29 is 17.9 Å². The van der Waals surface area contributed by atoms with Crippen LogP contribution in [0.4, 0.5) is 13.2 Å². The molecule has 2 nitrogen and oxygen atoms in total. The van der Waals surface area contributed by atoms with Crippen LogP contribution in [0.2, 0.25) is 0 Å². The van der Waals surface area contributed by atoms with Gasteiger partial charge in [-0.25, -0.2) is 13.2 Å². The van der Waals surface area contributed by atoms with Crippen molar-refractivity contribution in [3.8, 4) is 5.75 Å². The number of rotatable bonds is 3. The molecule has 2 N–H and O–H groups in total. The zero-order chi connectivity index (χ0) is 14.0. The molecular formula is C14H12F3NO. The Morgan fingerprint density at radius 1 is 1.00 bits per heavy atom. The van der Waals surface area contributed by atoms with E-state index in [-0.39, 0.29) is 0 Å². The van der Waals surface area contributed by atoms with E-state index in [9.17, 15) is 13.2 Å². The van der Waals surface area contributed by atoms with Gasteiger partial charge in [0.15, 0.2) is 11.6 Å². The lowest BCUT2D eigenvalue weighted by Gasteiger charge is -2.16. The lowest BCUT2D eigenvalue weighted by Crippen LogP contribution is -2.14. The summed E-state index contributed by atoms with van der Waals surface area (Å²) in [6.45, 7) is 0. The molecule has 100 valence electrons. The molecule has 0 aliphatic carbocycles. The average molecular weight is 267 g/mol. The minimum absolute atomic E-state index is 0.336. The summed E-state index contributed by atoms with van der Waals surface area (Å²) in [7, 11) is 1.43. The monoisotopic (exact) mass is 267 g/mol.